The summed E-state index contributed by atoms with van der Waals surface area (Å²) in [5.41, 5.74) is 0. The van der Waals surface area contributed by atoms with Gasteiger partial charge in [-0.2, -0.15) is 0 Å². The molecule has 0 amide bonds. The van der Waals surface area contributed by atoms with Gasteiger partial charge >= 0.3 is 23.9 Å². The lowest BCUT2D eigenvalue weighted by molar-refractivity contribution is -0.167. The molecule has 1 N–H and O–H groups in total. The Hall–Kier alpha value is -2.64. The molecule has 0 aromatic carbocycles. The fourth-order valence-electron chi connectivity index (χ4n) is 5.77. The molecular weight excluding hydrogens is 644 g/mol. The molecule has 0 aliphatic rings. The maximum Gasteiger partial charge on any atom is 0.306 e. The molecule has 0 unspecified atom stereocenters. The van der Waals surface area contributed by atoms with Gasteiger partial charge in [0.15, 0.2) is 6.10 Å². The van der Waals surface area contributed by atoms with Gasteiger partial charge in [-0.1, -0.05) is 141 Å². The first-order chi connectivity index (χ1) is 24.9. The number of carbonyl (C=O) groups excluding carboxylic acids is 3. The standard InChI is InChI=1S/C43H76O8/c1-3-5-7-9-11-13-15-17-19-21-23-25-27-29-31-33-41(46)49-37-39(51-43(48)36-35-40(44)45)38-50-42(47)34-32-30-28-26-24-22-20-18-16-14-12-10-8-6-4-2/h17-20,39H,3-16,21-38H2,1-2H3,(H,44,45)/b19-17-,20-18-. The Morgan fingerprint density at radius 2 is 0.765 bits per heavy atom. The highest BCUT2D eigenvalue weighted by Crippen LogP contribution is 2.13. The van der Waals surface area contributed by atoms with Crippen LogP contribution in [0, 0.1) is 0 Å². The van der Waals surface area contributed by atoms with Crippen molar-refractivity contribution in [1.29, 1.82) is 0 Å². The van der Waals surface area contributed by atoms with Crippen LogP contribution in [0.4, 0.5) is 0 Å². The van der Waals surface area contributed by atoms with E-state index < -0.39 is 18.0 Å². The number of carbonyl (C=O) groups is 4. The molecule has 0 fully saturated rings. The first-order valence-corrected chi connectivity index (χ1v) is 20.9. The quantitative estimate of drug-likeness (QED) is 0.0290. The highest BCUT2D eigenvalue weighted by Gasteiger charge is 2.20. The van der Waals surface area contributed by atoms with E-state index in [4.69, 9.17) is 19.3 Å². The SMILES string of the molecule is CCCCCCCC/C=C\CCCCCCCC(=O)OCC(COC(=O)CCCCCCC/C=C\CCCCCCCC)OC(=O)CCC(=O)O. The Morgan fingerprint density at radius 1 is 0.431 bits per heavy atom. The van der Waals surface area contributed by atoms with Crippen molar-refractivity contribution in [3.63, 3.8) is 0 Å². The molecule has 0 saturated heterocycles. The molecule has 0 radical (unpaired) electrons. The van der Waals surface area contributed by atoms with Gasteiger partial charge in [0.05, 0.1) is 12.8 Å². The van der Waals surface area contributed by atoms with Gasteiger partial charge in [0.25, 0.3) is 0 Å². The number of rotatable bonds is 38. The van der Waals surface area contributed by atoms with Crippen LogP contribution in [0.1, 0.15) is 206 Å². The topological polar surface area (TPSA) is 116 Å². The second kappa shape index (κ2) is 38.6. The van der Waals surface area contributed by atoms with Gasteiger partial charge in [0, 0.05) is 12.8 Å². The van der Waals surface area contributed by atoms with Crippen molar-refractivity contribution in [2.75, 3.05) is 13.2 Å². The Balaban J connectivity index is 4.10. The summed E-state index contributed by atoms with van der Waals surface area (Å²) in [6.45, 7) is 4.02. The normalized spacial score (nSPS) is 11.5. The van der Waals surface area contributed by atoms with Gasteiger partial charge in [0.2, 0.25) is 0 Å². The van der Waals surface area contributed by atoms with Crippen LogP contribution in [0.25, 0.3) is 0 Å². The summed E-state index contributed by atoms with van der Waals surface area (Å²) in [6, 6.07) is 0. The zero-order valence-electron chi connectivity index (χ0n) is 32.8. The highest BCUT2D eigenvalue weighted by molar-refractivity contribution is 5.76. The summed E-state index contributed by atoms with van der Waals surface area (Å²) in [5.74, 6) is -2.62. The molecule has 0 rings (SSSR count). The minimum absolute atomic E-state index is 0.233. The van der Waals surface area contributed by atoms with Crippen LogP contribution in [-0.2, 0) is 33.4 Å². The van der Waals surface area contributed by atoms with Crippen molar-refractivity contribution < 1.29 is 38.5 Å². The van der Waals surface area contributed by atoms with Gasteiger partial charge in [-0.15, -0.1) is 0 Å². The van der Waals surface area contributed by atoms with E-state index in [0.717, 1.165) is 77.0 Å². The first kappa shape index (κ1) is 48.4. The summed E-state index contributed by atoms with van der Waals surface area (Å²) < 4.78 is 16.0. The molecule has 8 nitrogen and oxygen atoms in total. The van der Waals surface area contributed by atoms with Gasteiger partial charge in [0.1, 0.15) is 13.2 Å². The van der Waals surface area contributed by atoms with E-state index in [-0.39, 0.29) is 50.8 Å². The molecule has 0 atom stereocenters. The molecule has 0 saturated carbocycles. The Labute approximate surface area is 311 Å². The third-order valence-electron chi connectivity index (χ3n) is 8.99. The fraction of sp³-hybridized carbons (Fsp3) is 0.814. The summed E-state index contributed by atoms with van der Waals surface area (Å²) in [6.07, 6.45) is 38.7. The zero-order valence-corrected chi connectivity index (χ0v) is 32.8. The summed E-state index contributed by atoms with van der Waals surface area (Å²) in [7, 11) is 0. The maximum atomic E-state index is 12.3. The average Bonchev–Trinajstić information content (AvgIpc) is 3.11. The van der Waals surface area contributed by atoms with Gasteiger partial charge < -0.3 is 19.3 Å². The number of esters is 3. The van der Waals surface area contributed by atoms with E-state index in [1.165, 1.54) is 89.9 Å². The Kier molecular flexibility index (Phi) is 36.6. The predicted octanol–water partition coefficient (Wildman–Crippen LogP) is 11.9. The number of aliphatic carboxylic acids is 1. The predicted molar refractivity (Wildman–Crippen MR) is 208 cm³/mol. The third kappa shape index (κ3) is 38.4. The minimum Gasteiger partial charge on any atom is -0.481 e. The van der Waals surface area contributed by atoms with Gasteiger partial charge in [-0.25, -0.2) is 0 Å². The van der Waals surface area contributed by atoms with E-state index in [2.05, 4.69) is 38.2 Å². The number of ether oxygens (including phenoxy) is 3. The first-order valence-electron chi connectivity index (χ1n) is 20.9. The maximum absolute atomic E-state index is 12.3. The van der Waals surface area contributed by atoms with Crippen LogP contribution >= 0.6 is 0 Å². The van der Waals surface area contributed by atoms with Crippen molar-refractivity contribution >= 4 is 23.9 Å². The molecule has 0 aromatic rings. The van der Waals surface area contributed by atoms with E-state index >= 15 is 0 Å². The molecule has 8 heteroatoms. The molecule has 0 aliphatic carbocycles. The molecule has 0 heterocycles. The smallest absolute Gasteiger partial charge is 0.306 e. The third-order valence-corrected chi connectivity index (χ3v) is 8.99. The van der Waals surface area contributed by atoms with Crippen molar-refractivity contribution in [3.8, 4) is 0 Å². The average molecular weight is 721 g/mol. The number of hydrogen-bond acceptors (Lipinski definition) is 7. The van der Waals surface area contributed by atoms with Crippen LogP contribution < -0.4 is 0 Å². The van der Waals surface area contributed by atoms with E-state index in [9.17, 15) is 19.2 Å². The lowest BCUT2D eigenvalue weighted by Crippen LogP contribution is -2.31. The minimum atomic E-state index is -1.11. The lowest BCUT2D eigenvalue weighted by atomic mass is 10.1. The zero-order chi connectivity index (χ0) is 37.5. The van der Waals surface area contributed by atoms with Crippen LogP contribution in [-0.4, -0.2) is 48.3 Å². The summed E-state index contributed by atoms with van der Waals surface area (Å²) in [4.78, 5) is 47.6. The van der Waals surface area contributed by atoms with Crippen LogP contribution in [0.3, 0.4) is 0 Å². The van der Waals surface area contributed by atoms with Crippen LogP contribution in [0.5, 0.6) is 0 Å². The number of carboxylic acid groups (broad SMARTS) is 1. The summed E-state index contributed by atoms with van der Waals surface area (Å²) >= 11 is 0. The second-order valence-electron chi connectivity index (χ2n) is 14.0. The molecule has 0 bridgehead atoms. The number of carboxylic acids is 1. The summed E-state index contributed by atoms with van der Waals surface area (Å²) in [5, 5.41) is 8.86. The second-order valence-corrected chi connectivity index (χ2v) is 14.0. The number of allylic oxidation sites excluding steroid dienone is 4. The largest absolute Gasteiger partial charge is 0.481 e. The monoisotopic (exact) mass is 721 g/mol. The molecule has 0 spiro atoms. The van der Waals surface area contributed by atoms with Crippen LogP contribution in [0.2, 0.25) is 0 Å². The van der Waals surface area contributed by atoms with Gasteiger partial charge in [-0.3, -0.25) is 19.2 Å². The molecule has 51 heavy (non-hydrogen) atoms. The van der Waals surface area contributed by atoms with Gasteiger partial charge in [-0.05, 0) is 64.2 Å². The molecular formula is C43H76O8. The van der Waals surface area contributed by atoms with E-state index in [1.54, 1.807) is 0 Å². The lowest BCUT2D eigenvalue weighted by Gasteiger charge is -2.18. The fourth-order valence-corrected chi connectivity index (χ4v) is 5.77. The van der Waals surface area contributed by atoms with Crippen molar-refractivity contribution in [2.45, 2.75) is 213 Å². The van der Waals surface area contributed by atoms with Crippen LogP contribution in [0.15, 0.2) is 24.3 Å². The Morgan fingerprint density at radius 3 is 1.12 bits per heavy atom. The molecule has 296 valence electrons. The van der Waals surface area contributed by atoms with E-state index in [0.29, 0.717) is 0 Å². The molecule has 0 aliphatic heterocycles. The Bertz CT molecular complexity index is 840. The highest BCUT2D eigenvalue weighted by atomic mass is 16.6. The number of unbranched alkanes of at least 4 members (excludes halogenated alkanes) is 22. The number of hydrogen-bond donors (Lipinski definition) is 1. The van der Waals surface area contributed by atoms with Crippen molar-refractivity contribution in [2.24, 2.45) is 0 Å². The van der Waals surface area contributed by atoms with Crippen molar-refractivity contribution in [1.82, 2.24) is 0 Å². The molecule has 0 aromatic heterocycles. The van der Waals surface area contributed by atoms with Crippen molar-refractivity contribution in [3.05, 3.63) is 24.3 Å². The van der Waals surface area contributed by atoms with E-state index in [1.807, 2.05) is 0 Å².